The molecule has 3 N–H and O–H groups in total. The summed E-state index contributed by atoms with van der Waals surface area (Å²) in [5.41, 5.74) is 0. The first-order valence-corrected chi connectivity index (χ1v) is 8.44. The largest absolute Gasteiger partial charge is 0.357 e. The number of aryl methyl sites for hydroxylation is 1. The highest BCUT2D eigenvalue weighted by molar-refractivity contribution is 14.0. The fourth-order valence-electron chi connectivity index (χ4n) is 1.94. The lowest BCUT2D eigenvalue weighted by atomic mass is 10.2. The van der Waals surface area contributed by atoms with E-state index in [1.165, 1.54) is 0 Å². The van der Waals surface area contributed by atoms with Crippen molar-refractivity contribution in [3.63, 3.8) is 0 Å². The van der Waals surface area contributed by atoms with E-state index in [-0.39, 0.29) is 35.9 Å². The molecule has 1 unspecified atom stereocenters. The molecule has 0 saturated carbocycles. The monoisotopic (exact) mass is 450 g/mol. The maximum atomic E-state index is 11.7. The van der Waals surface area contributed by atoms with Crippen molar-refractivity contribution >= 4 is 35.8 Å². The van der Waals surface area contributed by atoms with Gasteiger partial charge in [0.2, 0.25) is 5.91 Å². The van der Waals surface area contributed by atoms with Crippen molar-refractivity contribution in [1.29, 1.82) is 0 Å². The van der Waals surface area contributed by atoms with Gasteiger partial charge in [-0.15, -0.1) is 24.0 Å². The van der Waals surface area contributed by atoms with Crippen LogP contribution in [0.2, 0.25) is 0 Å². The minimum Gasteiger partial charge on any atom is -0.357 e. The van der Waals surface area contributed by atoms with Crippen LogP contribution in [0.5, 0.6) is 0 Å². The number of nitrogens with zero attached hydrogens (tertiary/aromatic N) is 3. The van der Waals surface area contributed by atoms with Gasteiger partial charge in [0.1, 0.15) is 0 Å². The second kappa shape index (κ2) is 14.1. The maximum Gasteiger partial charge on any atom is 0.221 e. The second-order valence-electron chi connectivity index (χ2n) is 5.44. The lowest BCUT2D eigenvalue weighted by Gasteiger charge is -2.13. The Hall–Kier alpha value is -1.32. The van der Waals surface area contributed by atoms with Crippen molar-refractivity contribution in [2.24, 2.45) is 4.99 Å². The third kappa shape index (κ3) is 10.5. The first-order chi connectivity index (χ1) is 11.2. The lowest BCUT2D eigenvalue weighted by molar-refractivity contribution is -0.121. The summed E-state index contributed by atoms with van der Waals surface area (Å²) in [6, 6.07) is 2.14. The molecule has 0 aliphatic heterocycles. The second-order valence-corrected chi connectivity index (χ2v) is 5.44. The number of halogens is 1. The van der Waals surface area contributed by atoms with Gasteiger partial charge in [-0.25, -0.2) is 0 Å². The first-order valence-electron chi connectivity index (χ1n) is 8.44. The molecule has 0 saturated heterocycles. The van der Waals surface area contributed by atoms with Gasteiger partial charge in [0, 0.05) is 51.0 Å². The summed E-state index contributed by atoms with van der Waals surface area (Å²) >= 11 is 0. The molecule has 24 heavy (non-hydrogen) atoms. The van der Waals surface area contributed by atoms with E-state index in [9.17, 15) is 4.79 Å². The Bertz CT molecular complexity index is 463. The molecule has 1 heterocycles. The summed E-state index contributed by atoms with van der Waals surface area (Å²) < 4.78 is 1.90. The molecule has 0 fully saturated rings. The summed E-state index contributed by atoms with van der Waals surface area (Å²) in [6.45, 7) is 9.04. The number of hydrogen-bond donors (Lipinski definition) is 3. The average Bonchev–Trinajstić information content (AvgIpc) is 3.04. The van der Waals surface area contributed by atoms with Crippen molar-refractivity contribution in [3.8, 4) is 0 Å². The smallest absolute Gasteiger partial charge is 0.221 e. The van der Waals surface area contributed by atoms with E-state index in [0.29, 0.717) is 19.5 Å². The Morgan fingerprint density at radius 2 is 2.12 bits per heavy atom. The van der Waals surface area contributed by atoms with Crippen LogP contribution in [0.25, 0.3) is 0 Å². The number of carbonyl (C=O) groups is 1. The third-order valence-electron chi connectivity index (χ3n) is 3.38. The van der Waals surface area contributed by atoms with E-state index in [4.69, 9.17) is 0 Å². The molecule has 0 aliphatic carbocycles. The number of aromatic nitrogens is 2. The van der Waals surface area contributed by atoms with Crippen LogP contribution in [0, 0.1) is 0 Å². The number of rotatable bonds is 10. The van der Waals surface area contributed by atoms with Gasteiger partial charge < -0.3 is 16.0 Å². The summed E-state index contributed by atoms with van der Waals surface area (Å²) in [5, 5.41) is 13.5. The molecule has 138 valence electrons. The molecule has 0 radical (unpaired) electrons. The fraction of sp³-hybridized carbons (Fsp3) is 0.688. The van der Waals surface area contributed by atoms with Crippen LogP contribution in [-0.2, 0) is 11.3 Å². The Labute approximate surface area is 162 Å². The van der Waals surface area contributed by atoms with Crippen molar-refractivity contribution in [3.05, 3.63) is 18.5 Å². The van der Waals surface area contributed by atoms with E-state index in [2.05, 4.69) is 33.0 Å². The van der Waals surface area contributed by atoms with Crippen LogP contribution in [0.1, 0.15) is 40.0 Å². The SMILES string of the molecule is CCNC(=NCCCn1cccn1)NCCC(=O)NC(C)CC.I. The van der Waals surface area contributed by atoms with Crippen LogP contribution in [-0.4, -0.2) is 47.3 Å². The maximum absolute atomic E-state index is 11.7. The molecule has 7 nitrogen and oxygen atoms in total. The molecule has 1 aromatic heterocycles. The first kappa shape index (κ1) is 22.7. The summed E-state index contributed by atoms with van der Waals surface area (Å²) in [6.07, 6.45) is 6.04. The molecule has 1 aromatic rings. The molecule has 0 aromatic carbocycles. The molecular weight excluding hydrogens is 419 g/mol. The van der Waals surface area contributed by atoms with Gasteiger partial charge in [-0.1, -0.05) is 6.92 Å². The molecule has 0 aliphatic rings. The quantitative estimate of drug-likeness (QED) is 0.220. The van der Waals surface area contributed by atoms with Crippen molar-refractivity contribution in [2.45, 2.75) is 52.6 Å². The predicted octanol–water partition coefficient (Wildman–Crippen LogP) is 1.75. The number of aliphatic imine (C=N–C) groups is 1. The van der Waals surface area contributed by atoms with Gasteiger partial charge in [-0.3, -0.25) is 14.5 Å². The van der Waals surface area contributed by atoms with Gasteiger partial charge in [0.05, 0.1) is 0 Å². The van der Waals surface area contributed by atoms with E-state index in [0.717, 1.165) is 31.9 Å². The van der Waals surface area contributed by atoms with Crippen LogP contribution in [0.15, 0.2) is 23.5 Å². The van der Waals surface area contributed by atoms with Crippen molar-refractivity contribution < 1.29 is 4.79 Å². The summed E-state index contributed by atoms with van der Waals surface area (Å²) in [4.78, 5) is 16.2. The van der Waals surface area contributed by atoms with E-state index < -0.39 is 0 Å². The standard InChI is InChI=1S/C16H30N6O.HI/c1-4-14(3)21-15(23)8-11-19-16(17-5-2)18-9-6-12-22-13-7-10-20-22;/h7,10,13-14H,4-6,8-9,11-12H2,1-3H3,(H,21,23)(H2,17,18,19);1H. The number of hydrogen-bond acceptors (Lipinski definition) is 3. The Morgan fingerprint density at radius 1 is 1.33 bits per heavy atom. The zero-order chi connectivity index (χ0) is 16.9. The van der Waals surface area contributed by atoms with E-state index >= 15 is 0 Å². The normalized spacial score (nSPS) is 12.2. The van der Waals surface area contributed by atoms with Crippen LogP contribution in [0.3, 0.4) is 0 Å². The summed E-state index contributed by atoms with van der Waals surface area (Å²) in [7, 11) is 0. The van der Waals surface area contributed by atoms with Crippen LogP contribution < -0.4 is 16.0 Å². The van der Waals surface area contributed by atoms with Crippen LogP contribution in [0.4, 0.5) is 0 Å². The highest BCUT2D eigenvalue weighted by Crippen LogP contribution is 1.91. The molecule has 8 heteroatoms. The highest BCUT2D eigenvalue weighted by atomic mass is 127. The van der Waals surface area contributed by atoms with E-state index in [1.54, 1.807) is 6.20 Å². The fourth-order valence-corrected chi connectivity index (χ4v) is 1.94. The third-order valence-corrected chi connectivity index (χ3v) is 3.38. The topological polar surface area (TPSA) is 83.3 Å². The van der Waals surface area contributed by atoms with E-state index in [1.807, 2.05) is 30.8 Å². The van der Waals surface area contributed by atoms with Crippen molar-refractivity contribution in [1.82, 2.24) is 25.7 Å². The molecule has 1 atom stereocenters. The average molecular weight is 450 g/mol. The van der Waals surface area contributed by atoms with Gasteiger partial charge in [-0.05, 0) is 32.8 Å². The molecule has 1 rings (SSSR count). The van der Waals surface area contributed by atoms with Crippen molar-refractivity contribution in [2.75, 3.05) is 19.6 Å². The highest BCUT2D eigenvalue weighted by Gasteiger charge is 2.05. The number of nitrogens with one attached hydrogen (secondary N) is 3. The van der Waals surface area contributed by atoms with Gasteiger partial charge in [0.15, 0.2) is 5.96 Å². The number of carbonyl (C=O) groups excluding carboxylic acids is 1. The van der Waals surface area contributed by atoms with Crippen LogP contribution >= 0.6 is 24.0 Å². The summed E-state index contributed by atoms with van der Waals surface area (Å²) in [5.74, 6) is 0.825. The molecule has 0 bridgehead atoms. The Balaban J connectivity index is 0.00000529. The molecular formula is C16H31IN6O. The number of guanidine groups is 1. The Morgan fingerprint density at radius 3 is 2.75 bits per heavy atom. The van der Waals surface area contributed by atoms with Gasteiger partial charge in [-0.2, -0.15) is 5.10 Å². The number of amides is 1. The zero-order valence-electron chi connectivity index (χ0n) is 14.9. The van der Waals surface area contributed by atoms with Gasteiger partial charge >= 0.3 is 0 Å². The molecule has 1 amide bonds. The predicted molar refractivity (Wildman–Crippen MR) is 109 cm³/mol. The zero-order valence-corrected chi connectivity index (χ0v) is 17.2. The molecule has 0 spiro atoms. The van der Waals surface area contributed by atoms with Gasteiger partial charge in [0.25, 0.3) is 0 Å². The Kier molecular flexibility index (Phi) is 13.3. The minimum atomic E-state index is 0. The lowest BCUT2D eigenvalue weighted by Crippen LogP contribution is -2.40. The minimum absolute atomic E-state index is 0.